The van der Waals surface area contributed by atoms with Crippen LogP contribution in [0.4, 0.5) is 0 Å². The van der Waals surface area contributed by atoms with Crippen molar-refractivity contribution >= 4 is 5.78 Å². The van der Waals surface area contributed by atoms with Gasteiger partial charge in [0.05, 0.1) is 5.54 Å². The number of hydroxylamine groups is 2. The third-order valence-corrected chi connectivity index (χ3v) is 3.61. The summed E-state index contributed by atoms with van der Waals surface area (Å²) in [7, 11) is 0. The van der Waals surface area contributed by atoms with Crippen LogP contribution < -0.4 is 0 Å². The van der Waals surface area contributed by atoms with Gasteiger partial charge in [-0.3, -0.25) is 4.79 Å². The fraction of sp³-hybridized carbons (Fsp3) is 0.923. The standard InChI is InChI=1S/C13H25NO2/c1-5-7-13(8-6-2)10-11(15)9-12(3,4)14(13)16/h16H,5-10H2,1-4H3. The average Bonchev–Trinajstić information content (AvgIpc) is 2.14. The number of piperidine rings is 1. The highest BCUT2D eigenvalue weighted by atomic mass is 16.5. The Labute approximate surface area is 98.8 Å². The number of hydrogen-bond donors (Lipinski definition) is 1. The molecule has 1 aliphatic rings. The first-order valence-corrected chi connectivity index (χ1v) is 6.39. The largest absolute Gasteiger partial charge is 0.313 e. The third kappa shape index (κ3) is 2.46. The van der Waals surface area contributed by atoms with Crippen molar-refractivity contribution in [3.63, 3.8) is 0 Å². The Kier molecular flexibility index (Phi) is 4.13. The molecule has 1 N–H and O–H groups in total. The smallest absolute Gasteiger partial charge is 0.136 e. The Morgan fingerprint density at radius 2 is 1.69 bits per heavy atom. The highest BCUT2D eigenvalue weighted by Crippen LogP contribution is 2.40. The molecule has 0 aliphatic carbocycles. The lowest BCUT2D eigenvalue weighted by Gasteiger charge is -2.51. The highest BCUT2D eigenvalue weighted by Gasteiger charge is 2.48. The van der Waals surface area contributed by atoms with Crippen LogP contribution >= 0.6 is 0 Å². The normalized spacial score (nSPS) is 24.7. The zero-order valence-electron chi connectivity index (χ0n) is 11.0. The molecule has 0 atom stereocenters. The lowest BCUT2D eigenvalue weighted by molar-refractivity contribution is -0.251. The van der Waals surface area contributed by atoms with E-state index in [2.05, 4.69) is 13.8 Å². The fourth-order valence-electron chi connectivity index (χ4n) is 3.15. The summed E-state index contributed by atoms with van der Waals surface area (Å²) in [4.78, 5) is 11.9. The molecule has 0 radical (unpaired) electrons. The SMILES string of the molecule is CCCC1(CCC)CC(=O)CC(C)(C)N1O. The van der Waals surface area contributed by atoms with Crippen molar-refractivity contribution in [3.05, 3.63) is 0 Å². The van der Waals surface area contributed by atoms with Crippen LogP contribution in [-0.4, -0.2) is 27.1 Å². The van der Waals surface area contributed by atoms with Crippen LogP contribution in [0.1, 0.15) is 66.2 Å². The van der Waals surface area contributed by atoms with Gasteiger partial charge in [0.25, 0.3) is 0 Å². The Morgan fingerprint density at radius 3 is 2.12 bits per heavy atom. The summed E-state index contributed by atoms with van der Waals surface area (Å²) in [6.45, 7) is 8.11. The van der Waals surface area contributed by atoms with Crippen LogP contribution in [0.5, 0.6) is 0 Å². The molecule has 1 fully saturated rings. The minimum atomic E-state index is -0.417. The molecule has 3 heteroatoms. The molecule has 0 amide bonds. The zero-order valence-corrected chi connectivity index (χ0v) is 11.0. The van der Waals surface area contributed by atoms with E-state index in [4.69, 9.17) is 0 Å². The molecule has 1 aliphatic heterocycles. The van der Waals surface area contributed by atoms with Gasteiger partial charge >= 0.3 is 0 Å². The molecule has 0 aromatic heterocycles. The molecule has 1 heterocycles. The second-order valence-electron chi connectivity index (χ2n) is 5.74. The van der Waals surface area contributed by atoms with Gasteiger partial charge in [0.15, 0.2) is 0 Å². The summed E-state index contributed by atoms with van der Waals surface area (Å²) in [5.41, 5.74) is -0.734. The summed E-state index contributed by atoms with van der Waals surface area (Å²) < 4.78 is 0. The van der Waals surface area contributed by atoms with E-state index in [9.17, 15) is 10.0 Å². The second-order valence-corrected chi connectivity index (χ2v) is 5.74. The maximum absolute atomic E-state index is 11.9. The minimum absolute atomic E-state index is 0.289. The van der Waals surface area contributed by atoms with Crippen molar-refractivity contribution in [2.24, 2.45) is 0 Å². The van der Waals surface area contributed by atoms with Gasteiger partial charge in [0.2, 0.25) is 0 Å². The average molecular weight is 227 g/mol. The number of carbonyl (C=O) groups is 1. The van der Waals surface area contributed by atoms with E-state index in [1.807, 2.05) is 13.8 Å². The van der Waals surface area contributed by atoms with Crippen molar-refractivity contribution in [1.82, 2.24) is 5.06 Å². The lowest BCUT2D eigenvalue weighted by atomic mass is 9.74. The molecule has 94 valence electrons. The maximum atomic E-state index is 11.9. The van der Waals surface area contributed by atoms with Crippen LogP contribution in [0, 0.1) is 0 Å². The first-order chi connectivity index (χ1) is 7.38. The highest BCUT2D eigenvalue weighted by molar-refractivity contribution is 5.81. The van der Waals surface area contributed by atoms with Crippen molar-refractivity contribution in [2.45, 2.75) is 77.3 Å². The summed E-state index contributed by atoms with van der Waals surface area (Å²) >= 11 is 0. The molecular weight excluding hydrogens is 202 g/mol. The van der Waals surface area contributed by atoms with Gasteiger partial charge in [-0.2, -0.15) is 5.06 Å². The van der Waals surface area contributed by atoms with Crippen molar-refractivity contribution in [1.29, 1.82) is 0 Å². The molecule has 0 aromatic carbocycles. The number of nitrogens with zero attached hydrogens (tertiary/aromatic N) is 1. The Bertz CT molecular complexity index is 255. The van der Waals surface area contributed by atoms with E-state index >= 15 is 0 Å². The molecule has 1 saturated heterocycles. The van der Waals surface area contributed by atoms with E-state index in [0.717, 1.165) is 25.7 Å². The molecule has 0 saturated carbocycles. The maximum Gasteiger partial charge on any atom is 0.136 e. The van der Waals surface area contributed by atoms with Crippen LogP contribution in [0.2, 0.25) is 0 Å². The first kappa shape index (κ1) is 13.7. The van der Waals surface area contributed by atoms with Gasteiger partial charge in [0.1, 0.15) is 5.78 Å². The Morgan fingerprint density at radius 1 is 1.19 bits per heavy atom. The van der Waals surface area contributed by atoms with Crippen LogP contribution in [0.25, 0.3) is 0 Å². The van der Waals surface area contributed by atoms with Crippen molar-refractivity contribution in [2.75, 3.05) is 0 Å². The van der Waals surface area contributed by atoms with Crippen molar-refractivity contribution < 1.29 is 10.0 Å². The van der Waals surface area contributed by atoms with Gasteiger partial charge in [-0.05, 0) is 26.7 Å². The van der Waals surface area contributed by atoms with Gasteiger partial charge in [-0.1, -0.05) is 26.7 Å². The van der Waals surface area contributed by atoms with Crippen LogP contribution in [-0.2, 0) is 4.79 Å². The number of carbonyl (C=O) groups excluding carboxylic acids is 1. The first-order valence-electron chi connectivity index (χ1n) is 6.39. The molecule has 0 spiro atoms. The monoisotopic (exact) mass is 227 g/mol. The summed E-state index contributed by atoms with van der Waals surface area (Å²) in [6, 6.07) is 0. The summed E-state index contributed by atoms with van der Waals surface area (Å²) in [5, 5.41) is 11.9. The fourth-order valence-corrected chi connectivity index (χ4v) is 3.15. The molecule has 0 aromatic rings. The van der Waals surface area contributed by atoms with Gasteiger partial charge in [0, 0.05) is 18.4 Å². The predicted octanol–water partition coefficient (Wildman–Crippen LogP) is 3.16. The molecular formula is C13H25NO2. The molecule has 0 bridgehead atoms. The number of ketones is 1. The van der Waals surface area contributed by atoms with Gasteiger partial charge in [-0.15, -0.1) is 0 Å². The van der Waals surface area contributed by atoms with Gasteiger partial charge in [-0.25, -0.2) is 0 Å². The number of hydrogen-bond acceptors (Lipinski definition) is 3. The third-order valence-electron chi connectivity index (χ3n) is 3.61. The molecule has 0 unspecified atom stereocenters. The number of rotatable bonds is 4. The summed E-state index contributed by atoms with van der Waals surface area (Å²) in [5.74, 6) is 0.289. The van der Waals surface area contributed by atoms with E-state index in [0.29, 0.717) is 12.8 Å². The van der Waals surface area contributed by atoms with Gasteiger partial charge < -0.3 is 5.21 Å². The van der Waals surface area contributed by atoms with E-state index in [-0.39, 0.29) is 11.3 Å². The Hall–Kier alpha value is -0.410. The zero-order chi connectivity index (χ0) is 12.4. The minimum Gasteiger partial charge on any atom is -0.313 e. The van der Waals surface area contributed by atoms with E-state index < -0.39 is 5.54 Å². The van der Waals surface area contributed by atoms with Crippen molar-refractivity contribution in [3.8, 4) is 0 Å². The quantitative estimate of drug-likeness (QED) is 0.802. The number of Topliss-reactive ketones (excluding diaryl/α,β-unsaturated/α-hetero) is 1. The summed E-state index contributed by atoms with van der Waals surface area (Å²) in [6.07, 6.45) is 4.76. The lowest BCUT2D eigenvalue weighted by Crippen LogP contribution is -2.61. The topological polar surface area (TPSA) is 40.5 Å². The molecule has 1 rings (SSSR count). The van der Waals surface area contributed by atoms with E-state index in [1.54, 1.807) is 0 Å². The molecule has 3 nitrogen and oxygen atoms in total. The van der Waals surface area contributed by atoms with Crippen LogP contribution in [0.3, 0.4) is 0 Å². The molecule has 16 heavy (non-hydrogen) atoms. The van der Waals surface area contributed by atoms with Crippen LogP contribution in [0.15, 0.2) is 0 Å². The predicted molar refractivity (Wildman–Crippen MR) is 64.5 cm³/mol. The van der Waals surface area contributed by atoms with E-state index in [1.165, 1.54) is 5.06 Å². The second kappa shape index (κ2) is 4.84. The Balaban J connectivity index is 2.99.